The van der Waals surface area contributed by atoms with E-state index in [0.29, 0.717) is 6.42 Å². The summed E-state index contributed by atoms with van der Waals surface area (Å²) < 4.78 is 13.1. The van der Waals surface area contributed by atoms with E-state index in [1.54, 1.807) is 6.07 Å². The first kappa shape index (κ1) is 10.7. The summed E-state index contributed by atoms with van der Waals surface area (Å²) >= 11 is 5.84. The Kier molecular flexibility index (Phi) is 3.08. The van der Waals surface area contributed by atoms with Gasteiger partial charge in [-0.2, -0.15) is 0 Å². The zero-order chi connectivity index (χ0) is 10.8. The predicted molar refractivity (Wildman–Crippen MR) is 58.4 cm³/mol. The third-order valence-electron chi connectivity index (χ3n) is 2.64. The molecule has 1 nitrogen and oxygen atoms in total. The molecule has 0 fully saturated rings. The van der Waals surface area contributed by atoms with E-state index in [4.69, 9.17) is 11.6 Å². The molecule has 0 saturated carbocycles. The number of aliphatic hydroxyl groups is 1. The lowest BCUT2D eigenvalue weighted by molar-refractivity contribution is 0.223. The van der Waals surface area contributed by atoms with E-state index >= 15 is 0 Å². The van der Waals surface area contributed by atoms with Crippen LogP contribution in [0.3, 0.4) is 0 Å². The van der Waals surface area contributed by atoms with Crippen molar-refractivity contribution in [2.75, 3.05) is 0 Å². The Bertz CT molecular complexity index is 401. The minimum atomic E-state index is -0.381. The van der Waals surface area contributed by atoms with Gasteiger partial charge in [0.25, 0.3) is 0 Å². The summed E-state index contributed by atoms with van der Waals surface area (Å²) in [7, 11) is 0. The highest BCUT2D eigenvalue weighted by Gasteiger charge is 2.14. The summed E-state index contributed by atoms with van der Waals surface area (Å²) in [5.41, 5.74) is 1.92. The Morgan fingerprint density at radius 3 is 2.93 bits per heavy atom. The van der Waals surface area contributed by atoms with Gasteiger partial charge in [0.2, 0.25) is 0 Å². The molecular formula is C12H12ClFO. The van der Waals surface area contributed by atoms with E-state index in [9.17, 15) is 9.50 Å². The lowest BCUT2D eigenvalue weighted by atomic mass is 10.0. The van der Waals surface area contributed by atoms with Gasteiger partial charge in [-0.05, 0) is 30.9 Å². The molecule has 0 aliphatic heterocycles. The number of halogens is 2. The summed E-state index contributed by atoms with van der Waals surface area (Å²) in [4.78, 5) is 0. The lowest BCUT2D eigenvalue weighted by Crippen LogP contribution is -1.93. The fourth-order valence-corrected chi connectivity index (χ4v) is 2.04. The molecule has 1 N–H and O–H groups in total. The second-order valence-electron chi connectivity index (χ2n) is 3.82. The maximum Gasteiger partial charge on any atom is 0.142 e. The molecule has 1 aliphatic rings. The van der Waals surface area contributed by atoms with Gasteiger partial charge < -0.3 is 5.11 Å². The normalized spacial score (nSPS) is 20.5. The molecule has 1 aromatic carbocycles. The van der Waals surface area contributed by atoms with Crippen molar-refractivity contribution in [1.82, 2.24) is 0 Å². The van der Waals surface area contributed by atoms with Gasteiger partial charge in [-0.3, -0.25) is 0 Å². The Balaban J connectivity index is 2.18. The Morgan fingerprint density at radius 1 is 1.47 bits per heavy atom. The van der Waals surface area contributed by atoms with Gasteiger partial charge in [-0.1, -0.05) is 35.4 Å². The molecular weight excluding hydrogens is 215 g/mol. The van der Waals surface area contributed by atoms with Crippen molar-refractivity contribution in [3.63, 3.8) is 0 Å². The zero-order valence-electron chi connectivity index (χ0n) is 8.21. The molecule has 3 heteroatoms. The predicted octanol–water partition coefficient (Wildman–Crippen LogP) is 3.10. The second kappa shape index (κ2) is 4.33. The molecule has 0 bridgehead atoms. The van der Waals surface area contributed by atoms with Crippen molar-refractivity contribution >= 4 is 11.6 Å². The van der Waals surface area contributed by atoms with Crippen LogP contribution in [0.4, 0.5) is 4.39 Å². The van der Waals surface area contributed by atoms with Crippen LogP contribution in [0.5, 0.6) is 0 Å². The van der Waals surface area contributed by atoms with Crippen molar-refractivity contribution in [2.45, 2.75) is 25.4 Å². The minimum Gasteiger partial charge on any atom is -0.389 e. The van der Waals surface area contributed by atoms with Crippen LogP contribution in [0.25, 0.3) is 0 Å². The summed E-state index contributed by atoms with van der Waals surface area (Å²) in [6, 6.07) is 4.82. The third kappa shape index (κ3) is 2.39. The van der Waals surface area contributed by atoms with Crippen LogP contribution in [-0.2, 0) is 6.42 Å². The van der Waals surface area contributed by atoms with E-state index < -0.39 is 0 Å². The molecule has 1 unspecified atom stereocenters. The Hall–Kier alpha value is -0.860. The smallest absolute Gasteiger partial charge is 0.142 e. The van der Waals surface area contributed by atoms with Crippen LogP contribution in [0.15, 0.2) is 29.8 Å². The van der Waals surface area contributed by atoms with Crippen LogP contribution < -0.4 is 0 Å². The van der Waals surface area contributed by atoms with Crippen molar-refractivity contribution in [2.24, 2.45) is 0 Å². The number of benzene rings is 1. The number of aliphatic hydroxyl groups excluding tert-OH is 1. The van der Waals surface area contributed by atoms with Crippen molar-refractivity contribution < 1.29 is 9.50 Å². The monoisotopic (exact) mass is 226 g/mol. The van der Waals surface area contributed by atoms with E-state index in [1.165, 1.54) is 6.07 Å². The summed E-state index contributed by atoms with van der Waals surface area (Å²) in [6.07, 6.45) is 3.76. The molecule has 0 spiro atoms. The largest absolute Gasteiger partial charge is 0.389 e. The molecule has 15 heavy (non-hydrogen) atoms. The highest BCUT2D eigenvalue weighted by atomic mass is 35.5. The van der Waals surface area contributed by atoms with Crippen molar-refractivity contribution in [3.05, 3.63) is 46.3 Å². The summed E-state index contributed by atoms with van der Waals surface area (Å²) in [6.45, 7) is 0. The summed E-state index contributed by atoms with van der Waals surface area (Å²) in [5.74, 6) is -0.381. The fourth-order valence-electron chi connectivity index (χ4n) is 1.85. The number of hydrogen-bond donors (Lipinski definition) is 1. The minimum absolute atomic E-state index is 0.194. The molecule has 0 radical (unpaired) electrons. The maximum absolute atomic E-state index is 13.1. The van der Waals surface area contributed by atoms with Crippen LogP contribution >= 0.6 is 11.6 Å². The molecule has 80 valence electrons. The van der Waals surface area contributed by atoms with Crippen LogP contribution in [0.1, 0.15) is 18.4 Å². The molecule has 1 atom stereocenters. The molecule has 0 aromatic heterocycles. The fraction of sp³-hybridized carbons (Fsp3) is 0.333. The SMILES string of the molecule is OC1C=C(Cc2cccc(F)c2Cl)CC1. The van der Waals surface area contributed by atoms with Crippen LogP contribution in [0.2, 0.25) is 5.02 Å². The highest BCUT2D eigenvalue weighted by molar-refractivity contribution is 6.31. The second-order valence-corrected chi connectivity index (χ2v) is 4.20. The quantitative estimate of drug-likeness (QED) is 0.769. The van der Waals surface area contributed by atoms with Crippen LogP contribution in [-0.4, -0.2) is 11.2 Å². The average molecular weight is 227 g/mol. The van der Waals surface area contributed by atoms with E-state index in [-0.39, 0.29) is 16.9 Å². The molecule has 2 rings (SSSR count). The van der Waals surface area contributed by atoms with Gasteiger partial charge >= 0.3 is 0 Å². The molecule has 1 aliphatic carbocycles. The van der Waals surface area contributed by atoms with Gasteiger partial charge in [0.1, 0.15) is 5.82 Å². The van der Waals surface area contributed by atoms with E-state index in [0.717, 1.165) is 24.0 Å². The standard InChI is InChI=1S/C12H12ClFO/c13-12-9(2-1-3-11(12)14)6-8-4-5-10(15)7-8/h1-3,7,10,15H,4-6H2. The molecule has 0 saturated heterocycles. The summed E-state index contributed by atoms with van der Waals surface area (Å²) in [5, 5.41) is 9.51. The molecule has 0 heterocycles. The van der Waals surface area contributed by atoms with E-state index in [1.807, 2.05) is 12.1 Å². The number of allylic oxidation sites excluding steroid dienone is 1. The number of hydrogen-bond acceptors (Lipinski definition) is 1. The zero-order valence-corrected chi connectivity index (χ0v) is 8.97. The molecule has 1 aromatic rings. The number of rotatable bonds is 2. The first-order chi connectivity index (χ1) is 7.16. The van der Waals surface area contributed by atoms with Crippen molar-refractivity contribution in [3.8, 4) is 0 Å². The third-order valence-corrected chi connectivity index (χ3v) is 3.06. The van der Waals surface area contributed by atoms with Gasteiger partial charge in [-0.15, -0.1) is 0 Å². The molecule has 0 amide bonds. The Morgan fingerprint density at radius 2 is 2.27 bits per heavy atom. The Labute approximate surface area is 93.2 Å². The van der Waals surface area contributed by atoms with Gasteiger partial charge in [0, 0.05) is 0 Å². The lowest BCUT2D eigenvalue weighted by Gasteiger charge is -2.05. The average Bonchev–Trinajstić information content (AvgIpc) is 2.59. The van der Waals surface area contributed by atoms with Gasteiger partial charge in [0.15, 0.2) is 0 Å². The highest BCUT2D eigenvalue weighted by Crippen LogP contribution is 2.27. The topological polar surface area (TPSA) is 20.2 Å². The van der Waals surface area contributed by atoms with Crippen LogP contribution in [0, 0.1) is 5.82 Å². The first-order valence-corrected chi connectivity index (χ1v) is 5.35. The van der Waals surface area contributed by atoms with Crippen molar-refractivity contribution in [1.29, 1.82) is 0 Å². The first-order valence-electron chi connectivity index (χ1n) is 4.97. The maximum atomic E-state index is 13.1. The van der Waals surface area contributed by atoms with Gasteiger partial charge in [0.05, 0.1) is 11.1 Å². The van der Waals surface area contributed by atoms with E-state index in [2.05, 4.69) is 0 Å². The van der Waals surface area contributed by atoms with Gasteiger partial charge in [-0.25, -0.2) is 4.39 Å².